The van der Waals surface area contributed by atoms with Crippen LogP contribution in [0, 0.1) is 0 Å². The number of anilines is 2. The number of carbonyl (C=O) groups is 2. The number of ether oxygens (including phenoxy) is 1. The molecule has 0 aliphatic carbocycles. The second-order valence-electron chi connectivity index (χ2n) is 6.63. The van der Waals surface area contributed by atoms with Crippen molar-refractivity contribution < 1.29 is 36.4 Å². The van der Waals surface area contributed by atoms with E-state index in [1.807, 2.05) is 14.1 Å². The summed E-state index contributed by atoms with van der Waals surface area (Å²) in [6, 6.07) is 2.70. The van der Waals surface area contributed by atoms with E-state index in [9.17, 15) is 14.8 Å². The van der Waals surface area contributed by atoms with E-state index in [4.69, 9.17) is 23.2 Å². The van der Waals surface area contributed by atoms with E-state index in [2.05, 4.69) is 15.0 Å². The fraction of sp³-hybridized carbons (Fsp3) is 0.500. The highest BCUT2D eigenvalue weighted by molar-refractivity contribution is 6.40. The van der Waals surface area contributed by atoms with Crippen LogP contribution in [-0.4, -0.2) is 80.5 Å². The monoisotopic (exact) mass is 440 g/mol. The molecule has 1 fully saturated rings. The van der Waals surface area contributed by atoms with Crippen molar-refractivity contribution in [3.8, 4) is 0 Å². The molecule has 0 atom stereocenters. The van der Waals surface area contributed by atoms with Gasteiger partial charge in [0.1, 0.15) is 0 Å². The number of methoxy groups -OCH3 is 1. The molecule has 2 rings (SSSR count). The predicted molar refractivity (Wildman–Crippen MR) is 100 cm³/mol. The number of benzene rings is 1. The van der Waals surface area contributed by atoms with Crippen molar-refractivity contribution in [3.63, 3.8) is 0 Å². The Morgan fingerprint density at radius 2 is 1.81 bits per heavy atom. The van der Waals surface area contributed by atoms with E-state index in [1.165, 1.54) is 19.2 Å². The van der Waals surface area contributed by atoms with Crippen LogP contribution in [0.1, 0.15) is 0 Å². The zero-order chi connectivity index (χ0) is 19.5. The molecule has 11 heteroatoms. The lowest BCUT2D eigenvalue weighted by atomic mass is 10.2. The second kappa shape index (κ2) is 9.77. The first-order chi connectivity index (χ1) is 12.1. The summed E-state index contributed by atoms with van der Waals surface area (Å²) in [4.78, 5) is 26.0. The highest BCUT2D eigenvalue weighted by Gasteiger charge is 2.32. The van der Waals surface area contributed by atoms with Crippen LogP contribution in [-0.2, 0) is 9.53 Å². The first kappa shape index (κ1) is 23.7. The van der Waals surface area contributed by atoms with Gasteiger partial charge in [-0.25, -0.2) is 4.79 Å². The van der Waals surface area contributed by atoms with Gasteiger partial charge in [0.25, 0.3) is 0 Å². The summed E-state index contributed by atoms with van der Waals surface area (Å²) >= 11 is 12.2. The molecule has 1 aliphatic rings. The van der Waals surface area contributed by atoms with Gasteiger partial charge in [0, 0.05) is 13.1 Å². The molecule has 8 nitrogen and oxygen atoms in total. The van der Waals surface area contributed by atoms with Gasteiger partial charge in [-0.2, -0.15) is 5.06 Å². The second-order valence-corrected chi connectivity index (χ2v) is 7.45. The third-order valence-electron chi connectivity index (χ3n) is 4.48. The van der Waals surface area contributed by atoms with Crippen LogP contribution in [0.2, 0.25) is 10.0 Å². The summed E-state index contributed by atoms with van der Waals surface area (Å²) in [5, 5.41) is 13.4. The van der Waals surface area contributed by atoms with E-state index < -0.39 is 12.0 Å². The predicted octanol–water partition coefficient (Wildman–Crippen LogP) is -0.710. The zero-order valence-corrected chi connectivity index (χ0v) is 17.6. The minimum Gasteiger partial charge on any atom is -1.00 e. The van der Waals surface area contributed by atoms with Gasteiger partial charge in [-0.1, -0.05) is 23.2 Å². The number of nitrogens with zero attached hydrogens (tertiary/aromatic N) is 3. The first-order valence-corrected chi connectivity index (χ1v) is 8.79. The average molecular weight is 442 g/mol. The maximum atomic E-state index is 12.5. The van der Waals surface area contributed by atoms with E-state index >= 15 is 0 Å². The van der Waals surface area contributed by atoms with Gasteiger partial charge in [-0.05, 0) is 19.2 Å². The molecule has 0 radical (unpaired) electrons. The van der Waals surface area contributed by atoms with E-state index in [-0.39, 0.29) is 40.4 Å². The number of hydroxylamine groups is 1. The molecule has 1 aliphatic heterocycles. The van der Waals surface area contributed by atoms with E-state index in [1.54, 1.807) is 0 Å². The largest absolute Gasteiger partial charge is 1.00 e. The van der Waals surface area contributed by atoms with Crippen molar-refractivity contribution in [1.82, 2.24) is 4.90 Å². The summed E-state index contributed by atoms with van der Waals surface area (Å²) in [5.74, 6) is -0.460. The third-order valence-corrected chi connectivity index (χ3v) is 5.08. The molecule has 1 heterocycles. The van der Waals surface area contributed by atoms with Crippen LogP contribution >= 0.6 is 23.2 Å². The van der Waals surface area contributed by atoms with Crippen molar-refractivity contribution in [1.29, 1.82) is 0 Å². The number of piperazine rings is 1. The minimum atomic E-state index is -0.731. The number of quaternary nitrogens is 1. The molecular formula is C16H23Cl3N4O4. The Hall–Kier alpha value is -1.29. The topological polar surface area (TPSA) is 82.1 Å². The Bertz CT molecular complexity index is 673. The van der Waals surface area contributed by atoms with Crippen LogP contribution < -0.4 is 22.8 Å². The maximum Gasteiger partial charge on any atom is 0.411 e. The number of amides is 2. The van der Waals surface area contributed by atoms with Gasteiger partial charge in [0.2, 0.25) is 0 Å². The third kappa shape index (κ3) is 6.10. The lowest BCUT2D eigenvalue weighted by molar-refractivity contribution is -0.906. The molecule has 1 aromatic rings. The molecule has 1 aromatic carbocycles. The zero-order valence-electron chi connectivity index (χ0n) is 15.3. The Labute approximate surface area is 174 Å². The molecule has 0 spiro atoms. The van der Waals surface area contributed by atoms with Gasteiger partial charge in [-0.15, -0.1) is 0 Å². The van der Waals surface area contributed by atoms with Crippen LogP contribution in [0.5, 0.6) is 0 Å². The van der Waals surface area contributed by atoms with Crippen molar-refractivity contribution in [2.24, 2.45) is 0 Å². The van der Waals surface area contributed by atoms with E-state index in [0.29, 0.717) is 9.55 Å². The smallest absolute Gasteiger partial charge is 0.411 e. The maximum absolute atomic E-state index is 12.5. The fourth-order valence-electron chi connectivity index (χ4n) is 2.70. The van der Waals surface area contributed by atoms with Crippen molar-refractivity contribution in [2.45, 2.75) is 0 Å². The molecule has 27 heavy (non-hydrogen) atoms. The average Bonchev–Trinajstić information content (AvgIpc) is 2.59. The summed E-state index contributed by atoms with van der Waals surface area (Å²) < 4.78 is 5.04. The Morgan fingerprint density at radius 1 is 1.30 bits per heavy atom. The molecule has 0 aromatic heterocycles. The van der Waals surface area contributed by atoms with Crippen molar-refractivity contribution in [3.05, 3.63) is 22.2 Å². The molecule has 0 unspecified atom stereocenters. The number of halogens is 3. The van der Waals surface area contributed by atoms with Crippen LogP contribution in [0.3, 0.4) is 0 Å². The molecule has 0 saturated carbocycles. The summed E-state index contributed by atoms with van der Waals surface area (Å²) in [5.41, 5.74) is 0.268. The standard InChI is InChI=1S/C16H22Cl2N4O4.ClH/c1-20-4-6-22(2,7-5-20)10-14(23)21(25)11-8-12(17)15(13(18)9-11)19-16(24)26-3;/h8-9,25H,4-7,10H2,1-3H3;1H. The van der Waals surface area contributed by atoms with Gasteiger partial charge in [-0.3, -0.25) is 20.2 Å². The summed E-state index contributed by atoms with van der Waals surface area (Å²) in [6.07, 6.45) is -0.731. The molecule has 0 bridgehead atoms. The SMILES string of the molecule is COC(=O)Nc1c(Cl)cc(N(O)C(=O)C[N+]2(C)CCN(C)CC2)cc1Cl.[Cl-]. The highest BCUT2D eigenvalue weighted by Crippen LogP contribution is 2.35. The number of hydrogen-bond acceptors (Lipinski definition) is 5. The van der Waals surface area contributed by atoms with Gasteiger partial charge < -0.3 is 21.6 Å². The highest BCUT2D eigenvalue weighted by atomic mass is 35.5. The lowest BCUT2D eigenvalue weighted by Crippen LogP contribution is -3.00. The normalized spacial score (nSPS) is 16.2. The van der Waals surface area contributed by atoms with Gasteiger partial charge in [0.15, 0.2) is 6.54 Å². The number of nitrogens with one attached hydrogen (secondary N) is 1. The minimum absolute atomic E-state index is 0. The number of rotatable bonds is 4. The molecular weight excluding hydrogens is 419 g/mol. The molecule has 2 amide bonds. The Kier molecular flexibility index (Phi) is 8.59. The molecule has 1 saturated heterocycles. The fourth-order valence-corrected chi connectivity index (χ4v) is 3.27. The number of carbonyl (C=O) groups excluding carboxylic acids is 2. The van der Waals surface area contributed by atoms with Gasteiger partial charge >= 0.3 is 12.0 Å². The summed E-state index contributed by atoms with van der Waals surface area (Å²) in [7, 11) is 5.24. The Morgan fingerprint density at radius 3 is 2.30 bits per heavy atom. The van der Waals surface area contributed by atoms with Crippen LogP contribution in [0.25, 0.3) is 0 Å². The first-order valence-electron chi connectivity index (χ1n) is 8.03. The summed E-state index contributed by atoms with van der Waals surface area (Å²) in [6.45, 7) is 3.57. The van der Waals surface area contributed by atoms with Gasteiger partial charge in [0.05, 0.1) is 48.7 Å². The van der Waals surface area contributed by atoms with E-state index in [0.717, 1.165) is 26.2 Å². The van der Waals surface area contributed by atoms with Crippen molar-refractivity contribution in [2.75, 3.05) is 64.3 Å². The van der Waals surface area contributed by atoms with Crippen molar-refractivity contribution >= 4 is 46.6 Å². The lowest BCUT2D eigenvalue weighted by Gasteiger charge is -2.40. The molecule has 2 N–H and O–H groups in total. The number of likely N-dealkylation sites (N-methyl/N-ethyl adjacent to an activating group) is 2. The quantitative estimate of drug-likeness (QED) is 0.366. The Balaban J connectivity index is 0.00000364. The van der Waals surface area contributed by atoms with Crippen LogP contribution in [0.15, 0.2) is 12.1 Å². The number of hydrogen-bond donors (Lipinski definition) is 2. The molecule has 152 valence electrons. The van der Waals surface area contributed by atoms with Crippen LogP contribution in [0.4, 0.5) is 16.2 Å².